The van der Waals surface area contributed by atoms with Gasteiger partial charge in [0.2, 0.25) is 5.54 Å². The molecule has 30 heavy (non-hydrogen) atoms. The van der Waals surface area contributed by atoms with Gasteiger partial charge in [0.05, 0.1) is 6.10 Å². The van der Waals surface area contributed by atoms with E-state index >= 15 is 0 Å². The first-order chi connectivity index (χ1) is 14.3. The number of carbonyl (C=O) groups is 1. The van der Waals surface area contributed by atoms with Crippen molar-refractivity contribution >= 4 is 11.9 Å². The largest absolute Gasteiger partial charge is 0.483 e. The van der Waals surface area contributed by atoms with Gasteiger partial charge in [-0.3, -0.25) is 9.69 Å². The quantitative estimate of drug-likeness (QED) is 0.754. The van der Waals surface area contributed by atoms with Crippen molar-refractivity contribution in [3.05, 3.63) is 29.3 Å². The maximum absolute atomic E-state index is 13.5. The summed E-state index contributed by atoms with van der Waals surface area (Å²) in [5, 5.41) is 0. The molecule has 1 atom stereocenters. The number of fused-ring (bicyclic) bond motifs is 3. The van der Waals surface area contributed by atoms with Crippen molar-refractivity contribution in [2.24, 2.45) is 16.6 Å². The minimum atomic E-state index is -2.82. The second-order valence-electron chi connectivity index (χ2n) is 8.49. The van der Waals surface area contributed by atoms with Crippen LogP contribution in [-0.2, 0) is 15.1 Å². The molecule has 2 aliphatic carbocycles. The summed E-state index contributed by atoms with van der Waals surface area (Å²) >= 11 is 0. The maximum atomic E-state index is 13.5. The normalized spacial score (nSPS) is 32.3. The minimum absolute atomic E-state index is 0.122. The van der Waals surface area contributed by atoms with Crippen molar-refractivity contribution in [1.29, 1.82) is 0 Å². The molecule has 5 rings (SSSR count). The average Bonchev–Trinajstić information content (AvgIpc) is 3.47. The van der Waals surface area contributed by atoms with Gasteiger partial charge in [-0.1, -0.05) is 11.8 Å². The summed E-state index contributed by atoms with van der Waals surface area (Å²) in [6.45, 7) is -2.82. The van der Waals surface area contributed by atoms with Crippen LogP contribution < -0.4 is 10.5 Å². The third kappa shape index (κ3) is 2.79. The summed E-state index contributed by atoms with van der Waals surface area (Å²) in [5.41, 5.74) is 5.20. The fourth-order valence-electron chi connectivity index (χ4n) is 4.84. The number of nitrogens with zero attached hydrogens (tertiary/aromatic N) is 2. The predicted molar refractivity (Wildman–Crippen MR) is 105 cm³/mol. The van der Waals surface area contributed by atoms with E-state index in [1.54, 1.807) is 7.05 Å². The van der Waals surface area contributed by atoms with Gasteiger partial charge in [0.1, 0.15) is 11.4 Å². The van der Waals surface area contributed by atoms with E-state index in [0.717, 1.165) is 18.4 Å². The highest BCUT2D eigenvalue weighted by Crippen LogP contribution is 2.58. The highest BCUT2D eigenvalue weighted by atomic mass is 19.3. The summed E-state index contributed by atoms with van der Waals surface area (Å²) in [5.74, 6) is 7.30. The number of carbonyl (C=O) groups excluding carboxylic acids is 1. The van der Waals surface area contributed by atoms with Crippen LogP contribution in [0, 0.1) is 17.8 Å². The van der Waals surface area contributed by atoms with Gasteiger partial charge in [-0.05, 0) is 56.7 Å². The number of alkyl halides is 2. The van der Waals surface area contributed by atoms with Gasteiger partial charge >= 0.3 is 6.61 Å². The van der Waals surface area contributed by atoms with Crippen LogP contribution in [0.4, 0.5) is 8.78 Å². The summed E-state index contributed by atoms with van der Waals surface area (Å²) < 4.78 is 36.4. The first-order valence-electron chi connectivity index (χ1n) is 10.3. The molecule has 1 aromatic rings. The topological polar surface area (TPSA) is 77.2 Å². The van der Waals surface area contributed by atoms with Crippen molar-refractivity contribution in [3.8, 4) is 17.6 Å². The number of rotatable bonds is 2. The highest BCUT2D eigenvalue weighted by Gasteiger charge is 2.69. The Hall–Kier alpha value is -2.66. The van der Waals surface area contributed by atoms with E-state index in [1.807, 2.05) is 18.2 Å². The Balaban J connectivity index is 1.56. The standard InChI is InChI=1S/C22H23F2N3O3/c1-27-18(28)22(26-20(27)25)16-12-14(5-4-13-2-3-13)6-7-17(16)30-21(22)10-8-15(9-11-21)29-19(23)24/h6-7,12-13,15,19H,2-3,8-11H2,1H3,(H2,25,26)/t15?,21?,22-/m1/s1. The number of benzene rings is 1. The SMILES string of the molecule is CN1C(=O)[C@]2(N=C1N)c1cc(C#CC3CC3)ccc1OC21CCC(OC(F)F)CC1. The molecule has 2 heterocycles. The lowest BCUT2D eigenvalue weighted by atomic mass is 9.68. The molecule has 0 aromatic heterocycles. The van der Waals surface area contributed by atoms with Crippen molar-refractivity contribution < 1.29 is 23.0 Å². The molecular weight excluding hydrogens is 392 g/mol. The first-order valence-corrected chi connectivity index (χ1v) is 10.3. The molecule has 0 saturated heterocycles. The molecule has 2 aliphatic heterocycles. The van der Waals surface area contributed by atoms with Crippen LogP contribution in [0.15, 0.2) is 23.2 Å². The molecule has 4 aliphatic rings. The number of hydrogen-bond acceptors (Lipinski definition) is 5. The number of halogens is 2. The Morgan fingerprint density at radius 2 is 2.03 bits per heavy atom. The van der Waals surface area contributed by atoms with Gasteiger partial charge in [0, 0.05) is 24.1 Å². The second kappa shape index (κ2) is 6.67. The lowest BCUT2D eigenvalue weighted by Gasteiger charge is -2.43. The molecule has 2 spiro atoms. The summed E-state index contributed by atoms with van der Waals surface area (Å²) in [6.07, 6.45) is 3.09. The van der Waals surface area contributed by atoms with Gasteiger partial charge in [-0.2, -0.15) is 8.78 Å². The third-order valence-electron chi connectivity index (χ3n) is 6.61. The Morgan fingerprint density at radius 1 is 1.30 bits per heavy atom. The molecule has 158 valence electrons. The van der Waals surface area contributed by atoms with Crippen LogP contribution in [0.1, 0.15) is 49.7 Å². The number of ether oxygens (including phenoxy) is 2. The van der Waals surface area contributed by atoms with Gasteiger partial charge < -0.3 is 15.2 Å². The number of guanidine groups is 1. The van der Waals surface area contributed by atoms with Crippen molar-refractivity contribution in [1.82, 2.24) is 4.90 Å². The molecule has 0 unspecified atom stereocenters. The van der Waals surface area contributed by atoms with Gasteiger partial charge in [0.15, 0.2) is 5.96 Å². The van der Waals surface area contributed by atoms with E-state index < -0.39 is 23.9 Å². The number of likely N-dealkylation sites (N-methyl/N-ethyl adjacent to an activating group) is 1. The molecule has 2 fully saturated rings. The van der Waals surface area contributed by atoms with Crippen molar-refractivity contribution in [3.63, 3.8) is 0 Å². The number of amides is 1. The van der Waals surface area contributed by atoms with Gasteiger partial charge in [-0.25, -0.2) is 4.99 Å². The Labute approximate surface area is 173 Å². The van der Waals surface area contributed by atoms with Crippen LogP contribution in [0.2, 0.25) is 0 Å². The van der Waals surface area contributed by atoms with Crippen molar-refractivity contribution in [2.45, 2.75) is 62.4 Å². The van der Waals surface area contributed by atoms with E-state index in [0.29, 0.717) is 42.9 Å². The molecule has 1 amide bonds. The summed E-state index contributed by atoms with van der Waals surface area (Å²) in [6, 6.07) is 5.57. The van der Waals surface area contributed by atoms with E-state index in [2.05, 4.69) is 16.8 Å². The van der Waals surface area contributed by atoms with Crippen LogP contribution in [0.5, 0.6) is 5.75 Å². The molecule has 2 N–H and O–H groups in total. The lowest BCUT2D eigenvalue weighted by Crippen LogP contribution is -2.58. The van der Waals surface area contributed by atoms with E-state index in [1.165, 1.54) is 4.90 Å². The van der Waals surface area contributed by atoms with E-state index in [4.69, 9.17) is 15.2 Å². The molecule has 6 nitrogen and oxygen atoms in total. The van der Waals surface area contributed by atoms with Crippen molar-refractivity contribution in [2.75, 3.05) is 7.05 Å². The average molecular weight is 415 g/mol. The highest BCUT2D eigenvalue weighted by molar-refractivity contribution is 6.08. The Morgan fingerprint density at radius 3 is 2.63 bits per heavy atom. The Kier molecular flexibility index (Phi) is 4.30. The molecule has 0 radical (unpaired) electrons. The number of aliphatic imine (C=N–C) groups is 1. The van der Waals surface area contributed by atoms with Crippen LogP contribution in [0.25, 0.3) is 0 Å². The molecule has 2 saturated carbocycles. The fraction of sp³-hybridized carbons (Fsp3) is 0.545. The monoisotopic (exact) mass is 415 g/mol. The molecule has 0 bridgehead atoms. The summed E-state index contributed by atoms with van der Waals surface area (Å²) in [7, 11) is 1.59. The zero-order valence-electron chi connectivity index (χ0n) is 16.7. The Bertz CT molecular complexity index is 987. The lowest BCUT2D eigenvalue weighted by molar-refractivity contribution is -0.182. The van der Waals surface area contributed by atoms with Gasteiger partial charge in [-0.15, -0.1) is 0 Å². The minimum Gasteiger partial charge on any atom is -0.483 e. The molecule has 1 aromatic carbocycles. The maximum Gasteiger partial charge on any atom is 0.345 e. The number of nitrogens with two attached hydrogens (primary N) is 1. The zero-order valence-corrected chi connectivity index (χ0v) is 16.7. The van der Waals surface area contributed by atoms with Crippen LogP contribution in [-0.4, -0.2) is 42.1 Å². The van der Waals surface area contributed by atoms with E-state index in [9.17, 15) is 13.6 Å². The van der Waals surface area contributed by atoms with Gasteiger partial charge in [0.25, 0.3) is 5.91 Å². The van der Waals surface area contributed by atoms with Crippen LogP contribution >= 0.6 is 0 Å². The fourth-order valence-corrected chi connectivity index (χ4v) is 4.84. The third-order valence-corrected chi connectivity index (χ3v) is 6.61. The zero-order chi connectivity index (χ0) is 21.1. The summed E-state index contributed by atoms with van der Waals surface area (Å²) in [4.78, 5) is 19.5. The predicted octanol–water partition coefficient (Wildman–Crippen LogP) is 2.74. The molecule has 8 heteroatoms. The first kappa shape index (κ1) is 19.3. The number of hydrogen-bond donors (Lipinski definition) is 1. The molecular formula is C22H23F2N3O3. The van der Waals surface area contributed by atoms with E-state index in [-0.39, 0.29) is 11.9 Å². The second-order valence-corrected chi connectivity index (χ2v) is 8.49. The smallest absolute Gasteiger partial charge is 0.345 e. The van der Waals surface area contributed by atoms with Crippen LogP contribution in [0.3, 0.4) is 0 Å².